The van der Waals surface area contributed by atoms with E-state index < -0.39 is 5.97 Å². The number of carboxylic acids is 1. The van der Waals surface area contributed by atoms with Gasteiger partial charge in [-0.25, -0.2) is 4.79 Å². The number of amides is 2. The van der Waals surface area contributed by atoms with Gasteiger partial charge in [-0.3, -0.25) is 4.79 Å². The molecule has 132 valence electrons. The lowest BCUT2D eigenvalue weighted by Crippen LogP contribution is -2.49. The van der Waals surface area contributed by atoms with Crippen molar-refractivity contribution in [2.45, 2.75) is 44.9 Å². The Morgan fingerprint density at radius 3 is 2.25 bits per heavy atom. The number of carbonyl (C=O) groups excluding carboxylic acids is 1. The molecule has 1 aromatic carbocycles. The fourth-order valence-electron chi connectivity index (χ4n) is 3.49. The van der Waals surface area contributed by atoms with E-state index in [-0.39, 0.29) is 17.4 Å². The van der Waals surface area contributed by atoms with Crippen LogP contribution in [0.4, 0.5) is 4.79 Å². The SMILES string of the molecule is CCC(CC)(CNC(=O)N1CCC(C(=O)O)CC1)c1ccccc1. The van der Waals surface area contributed by atoms with Gasteiger partial charge >= 0.3 is 12.0 Å². The van der Waals surface area contributed by atoms with Gasteiger partial charge in [-0.1, -0.05) is 44.2 Å². The third kappa shape index (κ3) is 4.08. The molecule has 0 aliphatic carbocycles. The second-order valence-electron chi connectivity index (χ2n) is 6.61. The van der Waals surface area contributed by atoms with Gasteiger partial charge in [0.15, 0.2) is 0 Å². The van der Waals surface area contributed by atoms with Crippen LogP contribution in [0.2, 0.25) is 0 Å². The summed E-state index contributed by atoms with van der Waals surface area (Å²) in [5.74, 6) is -1.07. The molecule has 0 bridgehead atoms. The van der Waals surface area contributed by atoms with Gasteiger partial charge in [-0.05, 0) is 31.2 Å². The van der Waals surface area contributed by atoms with Crippen LogP contribution in [0.3, 0.4) is 0 Å². The number of rotatable bonds is 6. The molecule has 0 spiro atoms. The highest BCUT2D eigenvalue weighted by atomic mass is 16.4. The van der Waals surface area contributed by atoms with Crippen LogP contribution in [0.15, 0.2) is 30.3 Å². The molecule has 1 aromatic rings. The standard InChI is InChI=1S/C19H28N2O3/c1-3-19(4-2,16-8-6-5-7-9-16)14-20-18(24)21-12-10-15(11-13-21)17(22)23/h5-9,15H,3-4,10-14H2,1-2H3,(H,20,24)(H,22,23). The van der Waals surface area contributed by atoms with Crippen molar-refractivity contribution in [3.05, 3.63) is 35.9 Å². The number of aliphatic carboxylic acids is 1. The van der Waals surface area contributed by atoms with E-state index in [0.29, 0.717) is 32.5 Å². The van der Waals surface area contributed by atoms with E-state index >= 15 is 0 Å². The summed E-state index contributed by atoms with van der Waals surface area (Å²) in [6, 6.07) is 10.2. The van der Waals surface area contributed by atoms with Crippen LogP contribution >= 0.6 is 0 Å². The van der Waals surface area contributed by atoms with E-state index in [9.17, 15) is 9.59 Å². The Balaban J connectivity index is 1.95. The molecule has 0 unspecified atom stereocenters. The maximum Gasteiger partial charge on any atom is 0.317 e. The second kappa shape index (κ2) is 8.18. The molecular formula is C19H28N2O3. The molecule has 24 heavy (non-hydrogen) atoms. The molecule has 1 fully saturated rings. The van der Waals surface area contributed by atoms with Crippen molar-refractivity contribution in [1.82, 2.24) is 10.2 Å². The molecule has 1 aliphatic heterocycles. The summed E-state index contributed by atoms with van der Waals surface area (Å²) in [5, 5.41) is 12.1. The first-order chi connectivity index (χ1) is 11.5. The zero-order valence-corrected chi connectivity index (χ0v) is 14.6. The second-order valence-corrected chi connectivity index (χ2v) is 6.61. The van der Waals surface area contributed by atoms with Crippen molar-refractivity contribution in [2.75, 3.05) is 19.6 Å². The number of carboxylic acid groups (broad SMARTS) is 1. The fourth-order valence-corrected chi connectivity index (χ4v) is 3.49. The fraction of sp³-hybridized carbons (Fsp3) is 0.579. The molecule has 5 heteroatoms. The predicted octanol–water partition coefficient (Wildman–Crippen LogP) is 3.25. The zero-order valence-electron chi connectivity index (χ0n) is 14.6. The summed E-state index contributed by atoms with van der Waals surface area (Å²) in [6.07, 6.45) is 2.98. The number of likely N-dealkylation sites (tertiary alicyclic amines) is 1. The highest BCUT2D eigenvalue weighted by Gasteiger charge is 2.31. The van der Waals surface area contributed by atoms with Crippen LogP contribution in [0.25, 0.3) is 0 Å². The Bertz CT molecular complexity index is 547. The average molecular weight is 332 g/mol. The molecule has 2 amide bonds. The summed E-state index contributed by atoms with van der Waals surface area (Å²) in [6.45, 7) is 5.93. The first-order valence-corrected chi connectivity index (χ1v) is 8.83. The molecule has 1 heterocycles. The van der Waals surface area contributed by atoms with Gasteiger partial charge in [0, 0.05) is 25.0 Å². The van der Waals surface area contributed by atoms with Gasteiger partial charge in [-0.2, -0.15) is 0 Å². The Kier molecular flexibility index (Phi) is 6.23. The van der Waals surface area contributed by atoms with E-state index in [1.54, 1.807) is 4.90 Å². The van der Waals surface area contributed by atoms with Crippen LogP contribution in [-0.2, 0) is 10.2 Å². The predicted molar refractivity (Wildman–Crippen MR) is 94.0 cm³/mol. The van der Waals surface area contributed by atoms with Gasteiger partial charge in [0.25, 0.3) is 0 Å². The number of benzene rings is 1. The molecular weight excluding hydrogens is 304 g/mol. The molecule has 2 rings (SSSR count). The quantitative estimate of drug-likeness (QED) is 0.840. The van der Waals surface area contributed by atoms with E-state index in [4.69, 9.17) is 5.11 Å². The lowest BCUT2D eigenvalue weighted by Gasteiger charge is -2.35. The van der Waals surface area contributed by atoms with Crippen molar-refractivity contribution in [3.63, 3.8) is 0 Å². The lowest BCUT2D eigenvalue weighted by molar-refractivity contribution is -0.143. The Morgan fingerprint density at radius 1 is 1.17 bits per heavy atom. The first kappa shape index (κ1) is 18.3. The van der Waals surface area contributed by atoms with E-state index in [1.807, 2.05) is 18.2 Å². The summed E-state index contributed by atoms with van der Waals surface area (Å²) < 4.78 is 0. The molecule has 0 atom stereocenters. The van der Waals surface area contributed by atoms with Gasteiger partial charge in [0.05, 0.1) is 5.92 Å². The van der Waals surface area contributed by atoms with Crippen LogP contribution in [0, 0.1) is 5.92 Å². The topological polar surface area (TPSA) is 69.6 Å². The van der Waals surface area contributed by atoms with Crippen molar-refractivity contribution in [1.29, 1.82) is 0 Å². The van der Waals surface area contributed by atoms with Gasteiger partial charge in [0.2, 0.25) is 0 Å². The number of hydrogen-bond acceptors (Lipinski definition) is 2. The van der Waals surface area contributed by atoms with Crippen LogP contribution < -0.4 is 5.32 Å². The van der Waals surface area contributed by atoms with Crippen LogP contribution in [-0.4, -0.2) is 41.6 Å². The van der Waals surface area contributed by atoms with Gasteiger partial charge in [0.1, 0.15) is 0 Å². The Hall–Kier alpha value is -2.04. The highest BCUT2D eigenvalue weighted by Crippen LogP contribution is 2.31. The minimum Gasteiger partial charge on any atom is -0.481 e. The molecule has 0 saturated carbocycles. The molecule has 1 saturated heterocycles. The molecule has 5 nitrogen and oxygen atoms in total. The summed E-state index contributed by atoms with van der Waals surface area (Å²) in [7, 11) is 0. The maximum atomic E-state index is 12.5. The highest BCUT2D eigenvalue weighted by molar-refractivity contribution is 5.75. The molecule has 0 radical (unpaired) electrons. The summed E-state index contributed by atoms with van der Waals surface area (Å²) in [5.41, 5.74) is 1.19. The zero-order chi connectivity index (χ0) is 17.6. The molecule has 1 aliphatic rings. The van der Waals surface area contributed by atoms with Crippen molar-refractivity contribution in [3.8, 4) is 0 Å². The number of nitrogens with zero attached hydrogens (tertiary/aromatic N) is 1. The Morgan fingerprint density at radius 2 is 1.75 bits per heavy atom. The monoisotopic (exact) mass is 332 g/mol. The largest absolute Gasteiger partial charge is 0.481 e. The molecule has 0 aromatic heterocycles. The number of nitrogens with one attached hydrogen (secondary N) is 1. The molecule has 2 N–H and O–H groups in total. The summed E-state index contributed by atoms with van der Waals surface area (Å²) in [4.78, 5) is 25.2. The van der Waals surface area contributed by atoms with E-state index in [1.165, 1.54) is 5.56 Å². The van der Waals surface area contributed by atoms with Crippen LogP contribution in [0.5, 0.6) is 0 Å². The first-order valence-electron chi connectivity index (χ1n) is 8.83. The number of hydrogen-bond donors (Lipinski definition) is 2. The average Bonchev–Trinajstić information content (AvgIpc) is 2.63. The Labute approximate surface area is 144 Å². The van der Waals surface area contributed by atoms with Crippen molar-refractivity contribution < 1.29 is 14.7 Å². The van der Waals surface area contributed by atoms with E-state index in [2.05, 4.69) is 31.3 Å². The minimum absolute atomic E-state index is 0.0592. The normalized spacial score (nSPS) is 16.0. The number of carbonyl (C=O) groups is 2. The minimum atomic E-state index is -0.755. The van der Waals surface area contributed by atoms with E-state index in [0.717, 1.165) is 12.8 Å². The number of piperidine rings is 1. The summed E-state index contributed by atoms with van der Waals surface area (Å²) >= 11 is 0. The number of urea groups is 1. The van der Waals surface area contributed by atoms with Crippen molar-refractivity contribution >= 4 is 12.0 Å². The lowest BCUT2D eigenvalue weighted by atomic mass is 9.76. The van der Waals surface area contributed by atoms with Crippen LogP contribution in [0.1, 0.15) is 45.1 Å². The van der Waals surface area contributed by atoms with Crippen molar-refractivity contribution in [2.24, 2.45) is 5.92 Å². The third-order valence-electron chi connectivity index (χ3n) is 5.45. The maximum absolute atomic E-state index is 12.5. The van der Waals surface area contributed by atoms with Gasteiger partial charge in [-0.15, -0.1) is 0 Å². The van der Waals surface area contributed by atoms with Gasteiger partial charge < -0.3 is 15.3 Å². The smallest absolute Gasteiger partial charge is 0.317 e. The third-order valence-corrected chi connectivity index (χ3v) is 5.45.